The summed E-state index contributed by atoms with van der Waals surface area (Å²) in [7, 11) is 0. The normalized spacial score (nSPS) is 22.1. The molecule has 0 aromatic carbocycles. The lowest BCUT2D eigenvalue weighted by Crippen LogP contribution is -2.57. The van der Waals surface area contributed by atoms with Crippen molar-refractivity contribution in [1.82, 2.24) is 5.32 Å². The number of aliphatic hydroxyl groups excluding tert-OH is 1. The summed E-state index contributed by atoms with van der Waals surface area (Å²) in [6.45, 7) is 1.92. The second-order valence-corrected chi connectivity index (χ2v) is 4.48. The second kappa shape index (κ2) is 5.47. The number of amides is 1. The van der Waals surface area contributed by atoms with Gasteiger partial charge in [0.15, 0.2) is 0 Å². The van der Waals surface area contributed by atoms with Crippen LogP contribution in [0.3, 0.4) is 0 Å². The largest absolute Gasteiger partial charge is 0.394 e. The van der Waals surface area contributed by atoms with E-state index in [9.17, 15) is 4.79 Å². The number of aliphatic hydroxyl groups is 1. The van der Waals surface area contributed by atoms with Crippen molar-refractivity contribution in [3.8, 4) is 0 Å². The first-order valence-electron chi connectivity index (χ1n) is 5.83. The van der Waals surface area contributed by atoms with E-state index in [1.165, 1.54) is 6.42 Å². The van der Waals surface area contributed by atoms with Crippen LogP contribution in [0.15, 0.2) is 0 Å². The molecule has 0 saturated heterocycles. The highest BCUT2D eigenvalue weighted by molar-refractivity contribution is 5.86. The van der Waals surface area contributed by atoms with Gasteiger partial charge in [-0.15, -0.1) is 0 Å². The van der Waals surface area contributed by atoms with Crippen molar-refractivity contribution in [3.63, 3.8) is 0 Å². The Hall–Kier alpha value is -0.610. The Balaban J connectivity index is 2.50. The third-order valence-corrected chi connectivity index (χ3v) is 3.25. The molecule has 4 N–H and O–H groups in total. The third kappa shape index (κ3) is 3.18. The topological polar surface area (TPSA) is 75.3 Å². The minimum absolute atomic E-state index is 0.0156. The van der Waals surface area contributed by atoms with Crippen LogP contribution in [-0.2, 0) is 4.79 Å². The molecule has 1 fully saturated rings. The third-order valence-electron chi connectivity index (χ3n) is 3.25. The minimum atomic E-state index is -0.694. The molecule has 1 atom stereocenters. The van der Waals surface area contributed by atoms with E-state index in [4.69, 9.17) is 10.8 Å². The zero-order valence-corrected chi connectivity index (χ0v) is 9.46. The highest BCUT2D eigenvalue weighted by Gasteiger charge is 2.35. The van der Waals surface area contributed by atoms with Gasteiger partial charge in [-0.1, -0.05) is 26.2 Å². The Kier molecular flexibility index (Phi) is 4.54. The lowest BCUT2D eigenvalue weighted by atomic mass is 9.81. The predicted molar refractivity (Wildman–Crippen MR) is 59.3 cm³/mol. The molecular weight excluding hydrogens is 192 g/mol. The van der Waals surface area contributed by atoms with E-state index in [1.54, 1.807) is 0 Å². The lowest BCUT2D eigenvalue weighted by molar-refractivity contribution is -0.128. The van der Waals surface area contributed by atoms with Gasteiger partial charge in [-0.05, 0) is 19.3 Å². The molecule has 4 heteroatoms. The summed E-state index contributed by atoms with van der Waals surface area (Å²) in [4.78, 5) is 11.9. The average Bonchev–Trinajstić information content (AvgIpc) is 2.26. The van der Waals surface area contributed by atoms with Crippen LogP contribution in [0.1, 0.15) is 45.4 Å². The van der Waals surface area contributed by atoms with Crippen molar-refractivity contribution in [2.45, 2.75) is 57.0 Å². The molecule has 4 nitrogen and oxygen atoms in total. The van der Waals surface area contributed by atoms with Crippen molar-refractivity contribution < 1.29 is 9.90 Å². The van der Waals surface area contributed by atoms with Crippen LogP contribution >= 0.6 is 0 Å². The van der Waals surface area contributed by atoms with Gasteiger partial charge in [-0.3, -0.25) is 4.79 Å². The van der Waals surface area contributed by atoms with Crippen LogP contribution in [-0.4, -0.2) is 29.2 Å². The molecule has 0 spiro atoms. The summed E-state index contributed by atoms with van der Waals surface area (Å²) in [5.41, 5.74) is 5.37. The Bertz CT molecular complexity index is 209. The predicted octanol–water partition coefficient (Wildman–Crippen LogP) is 0.535. The highest BCUT2D eigenvalue weighted by atomic mass is 16.3. The lowest BCUT2D eigenvalue weighted by Gasteiger charge is -2.33. The van der Waals surface area contributed by atoms with E-state index < -0.39 is 5.54 Å². The minimum Gasteiger partial charge on any atom is -0.394 e. The highest BCUT2D eigenvalue weighted by Crippen LogP contribution is 2.26. The zero-order valence-electron chi connectivity index (χ0n) is 9.46. The van der Waals surface area contributed by atoms with Gasteiger partial charge in [-0.2, -0.15) is 0 Å². The molecule has 0 unspecified atom stereocenters. The maximum atomic E-state index is 11.9. The van der Waals surface area contributed by atoms with Gasteiger partial charge in [0.2, 0.25) is 5.91 Å². The number of hydrogen-bond donors (Lipinski definition) is 3. The molecule has 0 radical (unpaired) electrons. The van der Waals surface area contributed by atoms with Crippen LogP contribution in [0.5, 0.6) is 0 Å². The fraction of sp³-hybridized carbons (Fsp3) is 0.909. The Labute approximate surface area is 91.2 Å². The van der Waals surface area contributed by atoms with Gasteiger partial charge < -0.3 is 16.2 Å². The standard InChI is InChI=1S/C11H22N2O2/c1-2-9(8-14)13-10(15)11(12)6-4-3-5-7-11/h9,14H,2-8,12H2,1H3,(H,13,15)/t9-/m0/s1. The Morgan fingerprint density at radius 2 is 2.07 bits per heavy atom. The molecule has 0 heterocycles. The molecule has 88 valence electrons. The summed E-state index contributed by atoms with van der Waals surface area (Å²) < 4.78 is 0. The van der Waals surface area contributed by atoms with Crippen molar-refractivity contribution >= 4 is 5.91 Å². The van der Waals surface area contributed by atoms with E-state index >= 15 is 0 Å². The van der Waals surface area contributed by atoms with Crippen molar-refractivity contribution in [3.05, 3.63) is 0 Å². The number of carbonyl (C=O) groups is 1. The fourth-order valence-corrected chi connectivity index (χ4v) is 2.02. The van der Waals surface area contributed by atoms with E-state index in [2.05, 4.69) is 5.32 Å². The number of hydrogen-bond acceptors (Lipinski definition) is 3. The average molecular weight is 214 g/mol. The second-order valence-electron chi connectivity index (χ2n) is 4.48. The molecule has 1 aliphatic carbocycles. The van der Waals surface area contributed by atoms with Crippen LogP contribution < -0.4 is 11.1 Å². The summed E-state index contributed by atoms with van der Waals surface area (Å²) >= 11 is 0. The van der Waals surface area contributed by atoms with Crippen molar-refractivity contribution in [2.75, 3.05) is 6.61 Å². The molecular formula is C11H22N2O2. The van der Waals surface area contributed by atoms with Crippen LogP contribution in [0.25, 0.3) is 0 Å². The van der Waals surface area contributed by atoms with Gasteiger partial charge >= 0.3 is 0 Å². The van der Waals surface area contributed by atoms with E-state index in [1.807, 2.05) is 6.92 Å². The van der Waals surface area contributed by atoms with E-state index in [0.717, 1.165) is 32.1 Å². The van der Waals surface area contributed by atoms with E-state index in [0.29, 0.717) is 0 Å². The number of rotatable bonds is 4. The van der Waals surface area contributed by atoms with Crippen molar-refractivity contribution in [2.24, 2.45) is 5.73 Å². The maximum Gasteiger partial charge on any atom is 0.240 e. The molecule has 15 heavy (non-hydrogen) atoms. The van der Waals surface area contributed by atoms with Crippen LogP contribution in [0, 0.1) is 0 Å². The molecule has 0 aliphatic heterocycles. The summed E-state index contributed by atoms with van der Waals surface area (Å²) in [6.07, 6.45) is 5.49. The number of nitrogens with two attached hydrogens (primary N) is 1. The van der Waals surface area contributed by atoms with Gasteiger partial charge in [0.25, 0.3) is 0 Å². The van der Waals surface area contributed by atoms with Gasteiger partial charge in [-0.25, -0.2) is 0 Å². The molecule has 0 aromatic heterocycles. The maximum absolute atomic E-state index is 11.9. The number of nitrogens with one attached hydrogen (secondary N) is 1. The summed E-state index contributed by atoms with van der Waals surface area (Å²) in [5, 5.41) is 11.8. The molecule has 0 bridgehead atoms. The van der Waals surface area contributed by atoms with Gasteiger partial charge in [0.05, 0.1) is 18.2 Å². The molecule has 0 aromatic rings. The quantitative estimate of drug-likeness (QED) is 0.639. The fourth-order valence-electron chi connectivity index (χ4n) is 2.02. The monoisotopic (exact) mass is 214 g/mol. The SMILES string of the molecule is CC[C@@H](CO)NC(=O)C1(N)CCCCC1. The smallest absolute Gasteiger partial charge is 0.240 e. The first-order chi connectivity index (χ1) is 7.12. The number of carbonyl (C=O) groups excluding carboxylic acids is 1. The van der Waals surface area contributed by atoms with Gasteiger partial charge in [0, 0.05) is 0 Å². The first kappa shape index (κ1) is 12.5. The van der Waals surface area contributed by atoms with Crippen LogP contribution in [0.4, 0.5) is 0 Å². The molecule has 1 aliphatic rings. The van der Waals surface area contributed by atoms with E-state index in [-0.39, 0.29) is 18.6 Å². The summed E-state index contributed by atoms with van der Waals surface area (Å²) in [6, 6.07) is -0.153. The molecule has 1 rings (SSSR count). The van der Waals surface area contributed by atoms with Crippen molar-refractivity contribution in [1.29, 1.82) is 0 Å². The molecule has 1 saturated carbocycles. The van der Waals surface area contributed by atoms with Crippen LogP contribution in [0.2, 0.25) is 0 Å². The Morgan fingerprint density at radius 1 is 1.47 bits per heavy atom. The first-order valence-corrected chi connectivity index (χ1v) is 5.83. The Morgan fingerprint density at radius 3 is 2.53 bits per heavy atom. The molecule has 1 amide bonds. The van der Waals surface area contributed by atoms with Gasteiger partial charge in [0.1, 0.15) is 0 Å². The zero-order chi connectivity index (χ0) is 11.3. The summed E-state index contributed by atoms with van der Waals surface area (Å²) in [5.74, 6) is -0.0944.